The van der Waals surface area contributed by atoms with E-state index in [9.17, 15) is 8.78 Å². The van der Waals surface area contributed by atoms with Gasteiger partial charge in [-0.05, 0) is 40.9 Å². The predicted octanol–water partition coefficient (Wildman–Crippen LogP) is 3.88. The summed E-state index contributed by atoms with van der Waals surface area (Å²) < 4.78 is 33.1. The first-order valence-electron chi connectivity index (χ1n) is 6.40. The van der Waals surface area contributed by atoms with E-state index in [-0.39, 0.29) is 22.6 Å². The molecule has 108 valence electrons. The van der Waals surface area contributed by atoms with Gasteiger partial charge in [0.2, 0.25) is 0 Å². The molecule has 1 N–H and O–H groups in total. The minimum atomic E-state index is -0.550. The van der Waals surface area contributed by atoms with E-state index in [0.717, 1.165) is 0 Å². The van der Waals surface area contributed by atoms with Crippen LogP contribution in [0.3, 0.4) is 0 Å². The zero-order chi connectivity index (χ0) is 14.4. The van der Waals surface area contributed by atoms with Gasteiger partial charge in [0.15, 0.2) is 0 Å². The summed E-state index contributed by atoms with van der Waals surface area (Å²) in [7, 11) is 0. The standard InChI is InChI=1S/C14H20BrF2NO/c1-4-19-8-13(9(2)3)18-7-10-12(16)6-5-11(15)14(10)17/h5-6,9,13,18H,4,7-8H2,1-3H3. The molecule has 0 saturated heterocycles. The number of rotatable bonds is 7. The van der Waals surface area contributed by atoms with Crippen LogP contribution in [-0.2, 0) is 11.3 Å². The summed E-state index contributed by atoms with van der Waals surface area (Å²) in [5.41, 5.74) is 0.0523. The van der Waals surface area contributed by atoms with Gasteiger partial charge in [-0.2, -0.15) is 0 Å². The minimum Gasteiger partial charge on any atom is -0.380 e. The quantitative estimate of drug-likeness (QED) is 0.763. The van der Waals surface area contributed by atoms with E-state index >= 15 is 0 Å². The zero-order valence-electron chi connectivity index (χ0n) is 11.5. The van der Waals surface area contributed by atoms with E-state index in [0.29, 0.717) is 19.1 Å². The van der Waals surface area contributed by atoms with Crippen LogP contribution in [0.5, 0.6) is 0 Å². The topological polar surface area (TPSA) is 21.3 Å². The van der Waals surface area contributed by atoms with Crippen LogP contribution in [0.2, 0.25) is 0 Å². The third-order valence-electron chi connectivity index (χ3n) is 2.99. The fraction of sp³-hybridized carbons (Fsp3) is 0.571. The van der Waals surface area contributed by atoms with Gasteiger partial charge in [0.05, 0.1) is 11.1 Å². The number of hydrogen-bond donors (Lipinski definition) is 1. The molecule has 0 radical (unpaired) electrons. The number of halogens is 3. The van der Waals surface area contributed by atoms with Crippen molar-refractivity contribution in [2.45, 2.75) is 33.4 Å². The summed E-state index contributed by atoms with van der Waals surface area (Å²) in [6, 6.07) is 2.70. The van der Waals surface area contributed by atoms with Gasteiger partial charge in [-0.15, -0.1) is 0 Å². The summed E-state index contributed by atoms with van der Waals surface area (Å²) >= 11 is 3.06. The molecule has 19 heavy (non-hydrogen) atoms. The largest absolute Gasteiger partial charge is 0.380 e. The number of hydrogen-bond acceptors (Lipinski definition) is 2. The van der Waals surface area contributed by atoms with Crippen molar-refractivity contribution >= 4 is 15.9 Å². The van der Waals surface area contributed by atoms with Crippen LogP contribution in [0.15, 0.2) is 16.6 Å². The number of nitrogens with one attached hydrogen (secondary N) is 1. The second-order valence-electron chi connectivity index (χ2n) is 4.71. The molecule has 0 aliphatic carbocycles. The molecule has 0 aliphatic rings. The second kappa shape index (κ2) is 7.92. The predicted molar refractivity (Wildman–Crippen MR) is 76.0 cm³/mol. The molecule has 0 spiro atoms. The first kappa shape index (κ1) is 16.5. The van der Waals surface area contributed by atoms with Crippen molar-refractivity contribution in [3.63, 3.8) is 0 Å². The summed E-state index contributed by atoms with van der Waals surface area (Å²) in [4.78, 5) is 0. The highest BCUT2D eigenvalue weighted by Crippen LogP contribution is 2.21. The van der Waals surface area contributed by atoms with Gasteiger partial charge < -0.3 is 10.1 Å². The van der Waals surface area contributed by atoms with Gasteiger partial charge in [0.25, 0.3) is 0 Å². The molecule has 1 aromatic rings. The first-order chi connectivity index (χ1) is 8.97. The van der Waals surface area contributed by atoms with E-state index in [4.69, 9.17) is 4.74 Å². The first-order valence-corrected chi connectivity index (χ1v) is 7.20. The smallest absolute Gasteiger partial charge is 0.144 e. The lowest BCUT2D eigenvalue weighted by molar-refractivity contribution is 0.107. The summed E-state index contributed by atoms with van der Waals surface area (Å²) in [6.07, 6.45) is 0. The monoisotopic (exact) mass is 335 g/mol. The number of ether oxygens (including phenoxy) is 1. The number of benzene rings is 1. The van der Waals surface area contributed by atoms with Crippen LogP contribution >= 0.6 is 15.9 Å². The van der Waals surface area contributed by atoms with Crippen molar-refractivity contribution in [1.29, 1.82) is 0 Å². The Balaban J connectivity index is 2.71. The fourth-order valence-electron chi connectivity index (χ4n) is 1.70. The van der Waals surface area contributed by atoms with Gasteiger partial charge in [0.1, 0.15) is 11.6 Å². The van der Waals surface area contributed by atoms with E-state index in [2.05, 4.69) is 21.2 Å². The Labute approximate surface area is 121 Å². The molecule has 0 aliphatic heterocycles. The van der Waals surface area contributed by atoms with Crippen molar-refractivity contribution in [2.24, 2.45) is 5.92 Å². The maximum Gasteiger partial charge on any atom is 0.144 e. The maximum atomic E-state index is 13.8. The molecular weight excluding hydrogens is 316 g/mol. The molecule has 1 rings (SSSR count). The normalized spacial score (nSPS) is 13.0. The highest BCUT2D eigenvalue weighted by molar-refractivity contribution is 9.10. The maximum absolute atomic E-state index is 13.8. The van der Waals surface area contributed by atoms with E-state index in [1.807, 2.05) is 20.8 Å². The summed E-state index contributed by atoms with van der Waals surface area (Å²) in [5.74, 6) is -0.761. The average molecular weight is 336 g/mol. The van der Waals surface area contributed by atoms with Gasteiger partial charge in [-0.3, -0.25) is 0 Å². The second-order valence-corrected chi connectivity index (χ2v) is 5.57. The Morgan fingerprint density at radius 1 is 1.32 bits per heavy atom. The highest BCUT2D eigenvalue weighted by Gasteiger charge is 2.17. The van der Waals surface area contributed by atoms with E-state index < -0.39 is 11.6 Å². The lowest BCUT2D eigenvalue weighted by Gasteiger charge is -2.22. The van der Waals surface area contributed by atoms with Crippen LogP contribution < -0.4 is 5.32 Å². The SMILES string of the molecule is CCOCC(NCc1c(F)ccc(Br)c1F)C(C)C. The van der Waals surface area contributed by atoms with Gasteiger partial charge >= 0.3 is 0 Å². The van der Waals surface area contributed by atoms with Gasteiger partial charge in [-0.25, -0.2) is 8.78 Å². The molecule has 0 heterocycles. The van der Waals surface area contributed by atoms with Gasteiger partial charge in [-0.1, -0.05) is 13.8 Å². The van der Waals surface area contributed by atoms with Crippen LogP contribution in [0.4, 0.5) is 8.78 Å². The molecule has 1 unspecified atom stereocenters. The van der Waals surface area contributed by atoms with Crippen molar-refractivity contribution in [2.75, 3.05) is 13.2 Å². The van der Waals surface area contributed by atoms with Crippen molar-refractivity contribution in [3.05, 3.63) is 33.8 Å². The van der Waals surface area contributed by atoms with Gasteiger partial charge in [0, 0.05) is 24.8 Å². The molecular formula is C14H20BrF2NO. The van der Waals surface area contributed by atoms with Crippen molar-refractivity contribution < 1.29 is 13.5 Å². The molecule has 1 atom stereocenters. The molecule has 0 aromatic heterocycles. The Kier molecular flexibility index (Phi) is 6.89. The molecule has 0 amide bonds. The molecule has 2 nitrogen and oxygen atoms in total. The van der Waals surface area contributed by atoms with Crippen LogP contribution in [0.25, 0.3) is 0 Å². The third kappa shape index (κ3) is 4.82. The van der Waals surface area contributed by atoms with Crippen LogP contribution in [-0.4, -0.2) is 19.3 Å². The van der Waals surface area contributed by atoms with E-state index in [1.54, 1.807) is 0 Å². The average Bonchev–Trinajstić information content (AvgIpc) is 2.37. The Morgan fingerprint density at radius 3 is 2.58 bits per heavy atom. The van der Waals surface area contributed by atoms with E-state index in [1.165, 1.54) is 12.1 Å². The zero-order valence-corrected chi connectivity index (χ0v) is 13.1. The van der Waals surface area contributed by atoms with Crippen LogP contribution in [0, 0.1) is 17.6 Å². The van der Waals surface area contributed by atoms with Crippen molar-refractivity contribution in [1.82, 2.24) is 5.32 Å². The van der Waals surface area contributed by atoms with Crippen LogP contribution in [0.1, 0.15) is 26.3 Å². The fourth-order valence-corrected chi connectivity index (χ4v) is 2.07. The van der Waals surface area contributed by atoms with Crippen molar-refractivity contribution in [3.8, 4) is 0 Å². The lowest BCUT2D eigenvalue weighted by atomic mass is 10.0. The lowest BCUT2D eigenvalue weighted by Crippen LogP contribution is -2.38. The summed E-state index contributed by atoms with van der Waals surface area (Å²) in [6.45, 7) is 7.32. The molecule has 0 saturated carbocycles. The molecule has 0 fully saturated rings. The minimum absolute atomic E-state index is 0.0523. The Morgan fingerprint density at radius 2 is 2.00 bits per heavy atom. The Bertz CT molecular complexity index is 413. The molecule has 5 heteroatoms. The molecule has 0 bridgehead atoms. The third-order valence-corrected chi connectivity index (χ3v) is 3.60. The summed E-state index contributed by atoms with van der Waals surface area (Å²) in [5, 5.41) is 3.15. The molecule has 1 aromatic carbocycles. The Hall–Kier alpha value is -0.520. The highest BCUT2D eigenvalue weighted by atomic mass is 79.9.